The van der Waals surface area contributed by atoms with Crippen molar-refractivity contribution in [2.24, 2.45) is 5.73 Å². The predicted molar refractivity (Wildman–Crippen MR) is 305 cm³/mol. The van der Waals surface area contributed by atoms with Crippen molar-refractivity contribution in [2.75, 3.05) is 52.7 Å². The van der Waals surface area contributed by atoms with Gasteiger partial charge in [-0.2, -0.15) is 0 Å². The van der Waals surface area contributed by atoms with Crippen LogP contribution in [0.1, 0.15) is 100 Å². The Morgan fingerprint density at radius 1 is 0.551 bits per heavy atom. The molecule has 0 unspecified atom stereocenters. The lowest BCUT2D eigenvalue weighted by molar-refractivity contribution is -0.139. The molecule has 2 amide bonds. The van der Waals surface area contributed by atoms with Crippen LogP contribution in [0, 0.1) is 0 Å². The van der Waals surface area contributed by atoms with Crippen LogP contribution in [-0.4, -0.2) is 99.1 Å². The zero-order valence-corrected chi connectivity index (χ0v) is 45.5. The summed E-state index contributed by atoms with van der Waals surface area (Å²) in [5.74, 6) is 0.728. The highest BCUT2D eigenvalue weighted by molar-refractivity contribution is 6.30. The molecule has 78 heavy (non-hydrogen) atoms. The summed E-state index contributed by atoms with van der Waals surface area (Å²) >= 11 is 6.40. The van der Waals surface area contributed by atoms with Crippen molar-refractivity contribution in [1.82, 2.24) is 40.0 Å². The molecule has 0 radical (unpaired) electrons. The van der Waals surface area contributed by atoms with Gasteiger partial charge in [0.2, 0.25) is 5.91 Å². The fraction of sp³-hybridized carbons (Fsp3) is 0.365. The van der Waals surface area contributed by atoms with Gasteiger partial charge in [0.1, 0.15) is 5.75 Å². The zero-order chi connectivity index (χ0) is 54.0. The number of benzene rings is 3. The maximum absolute atomic E-state index is 15.3. The van der Waals surface area contributed by atoms with Crippen LogP contribution >= 0.6 is 11.6 Å². The molecule has 4 heterocycles. The summed E-state index contributed by atoms with van der Waals surface area (Å²) in [6, 6.07) is 46.1. The van der Waals surface area contributed by atoms with Gasteiger partial charge < -0.3 is 30.2 Å². The molecule has 1 aliphatic rings. The van der Waals surface area contributed by atoms with Crippen molar-refractivity contribution < 1.29 is 23.8 Å². The minimum absolute atomic E-state index is 0.125. The Kier molecular flexibility index (Phi) is 22.7. The second kappa shape index (κ2) is 30.9. The Morgan fingerprint density at radius 2 is 1.08 bits per heavy atom. The summed E-state index contributed by atoms with van der Waals surface area (Å²) in [4.78, 5) is 53.9. The first-order valence-electron chi connectivity index (χ1n) is 27.4. The van der Waals surface area contributed by atoms with Crippen molar-refractivity contribution in [3.05, 3.63) is 220 Å². The second-order valence-corrected chi connectivity index (χ2v) is 20.4. The molecular formula is C63H74ClN9O5. The fourth-order valence-electron chi connectivity index (χ4n) is 10.2. The molecule has 14 nitrogen and oxygen atoms in total. The number of ether oxygens (including phenoxy) is 3. The number of hydrogen-bond donors (Lipinski definition) is 2. The topological polar surface area (TPSA) is 161 Å². The molecule has 4 aromatic heterocycles. The van der Waals surface area contributed by atoms with E-state index < -0.39 is 5.41 Å². The van der Waals surface area contributed by atoms with Crippen LogP contribution in [0.2, 0.25) is 5.02 Å². The molecule has 0 bridgehead atoms. The third kappa shape index (κ3) is 18.1. The average molecular weight is 1070 g/mol. The first-order chi connectivity index (χ1) is 38.3. The molecule has 8 rings (SSSR count). The summed E-state index contributed by atoms with van der Waals surface area (Å²) in [5, 5.41) is 3.58. The number of aromatic nitrogens is 4. The number of unbranched alkanes of at least 4 members (excludes halogenated alkanes) is 1. The van der Waals surface area contributed by atoms with Gasteiger partial charge >= 0.3 is 0 Å². The highest BCUT2D eigenvalue weighted by atomic mass is 35.5. The molecule has 0 spiro atoms. The molecule has 1 fully saturated rings. The SMILES string of the molecule is NCCOCCOCCNC(=O)c1ccc(CN(CCCCOc2cc(CN(Cc3ccccn3)Cc3ccccn3)cc(CN(Cc3ccccn3)Cc3ccccn3)c2)C(=O)C2(c3ccc(Cl)cc3)CCCCC2)cc1. The van der Waals surface area contributed by atoms with E-state index in [0.717, 1.165) is 95.7 Å². The Labute approximate surface area is 465 Å². The van der Waals surface area contributed by atoms with Gasteiger partial charge in [-0.15, -0.1) is 0 Å². The van der Waals surface area contributed by atoms with E-state index in [1.54, 1.807) is 0 Å². The minimum atomic E-state index is -0.656. The van der Waals surface area contributed by atoms with E-state index in [0.29, 0.717) is 109 Å². The molecule has 15 heteroatoms. The molecule has 7 aromatic rings. The van der Waals surface area contributed by atoms with E-state index in [1.807, 2.05) is 127 Å². The number of nitrogens with one attached hydrogen (secondary N) is 1. The molecular weight excluding hydrogens is 998 g/mol. The van der Waals surface area contributed by atoms with Crippen LogP contribution in [0.25, 0.3) is 0 Å². The van der Waals surface area contributed by atoms with Gasteiger partial charge in [0.25, 0.3) is 5.91 Å². The van der Waals surface area contributed by atoms with Crippen molar-refractivity contribution in [3.8, 4) is 5.75 Å². The summed E-state index contributed by atoms with van der Waals surface area (Å²) in [6.45, 7) is 7.83. The van der Waals surface area contributed by atoms with Crippen molar-refractivity contribution in [2.45, 2.75) is 96.2 Å². The first kappa shape index (κ1) is 57.3. The maximum Gasteiger partial charge on any atom is 0.251 e. The molecule has 0 atom stereocenters. The Bertz CT molecular complexity index is 2660. The Morgan fingerprint density at radius 3 is 1.58 bits per heavy atom. The van der Waals surface area contributed by atoms with Crippen molar-refractivity contribution >= 4 is 23.4 Å². The molecule has 0 saturated heterocycles. The van der Waals surface area contributed by atoms with E-state index in [1.165, 1.54) is 0 Å². The second-order valence-electron chi connectivity index (χ2n) is 20.0. The number of halogens is 1. The number of carbonyl (C=O) groups excluding carboxylic acids is 2. The van der Waals surface area contributed by atoms with Crippen LogP contribution in [0.5, 0.6) is 5.75 Å². The van der Waals surface area contributed by atoms with Crippen molar-refractivity contribution in [3.63, 3.8) is 0 Å². The van der Waals surface area contributed by atoms with Crippen LogP contribution in [-0.2, 0) is 65.5 Å². The van der Waals surface area contributed by atoms with Crippen LogP contribution < -0.4 is 15.8 Å². The van der Waals surface area contributed by atoms with Gasteiger partial charge in [-0.05, 0) is 133 Å². The van der Waals surface area contributed by atoms with Crippen LogP contribution in [0.3, 0.4) is 0 Å². The largest absolute Gasteiger partial charge is 0.494 e. The normalized spacial score (nSPS) is 13.1. The minimum Gasteiger partial charge on any atom is -0.494 e. The standard InChI is InChI=1S/C63H74ClN9O5/c64-55-24-22-54(23-25-55)63(26-6-1-7-27-63)62(75)73(45-50-18-20-53(21-19-50)61(74)70-33-37-77-39-38-76-36-28-65)34-12-13-35-78-60-41-51(43-71(46-56-14-2-8-29-66-56)47-57-15-3-9-30-67-57)40-52(42-60)44-72(48-58-16-4-10-31-68-58)49-59-17-5-11-32-69-59/h2-5,8-11,14-25,29-32,40-42H,1,6-7,12-13,26-28,33-39,43-49,65H2,(H,70,74). The van der Waals surface area contributed by atoms with E-state index >= 15 is 4.79 Å². The first-order valence-corrected chi connectivity index (χ1v) is 27.8. The smallest absolute Gasteiger partial charge is 0.251 e. The zero-order valence-electron chi connectivity index (χ0n) is 44.8. The number of carbonyl (C=O) groups is 2. The summed E-state index contributed by atoms with van der Waals surface area (Å²) < 4.78 is 17.7. The number of hydrogen-bond acceptors (Lipinski definition) is 12. The van der Waals surface area contributed by atoms with E-state index in [4.69, 9.17) is 31.5 Å². The monoisotopic (exact) mass is 1070 g/mol. The van der Waals surface area contributed by atoms with Gasteiger partial charge in [0.05, 0.1) is 61.2 Å². The lowest BCUT2D eigenvalue weighted by Crippen LogP contribution is -2.48. The maximum atomic E-state index is 15.3. The number of nitrogens with zero attached hydrogens (tertiary/aromatic N) is 7. The molecule has 408 valence electrons. The molecule has 3 aromatic carbocycles. The van der Waals surface area contributed by atoms with Gasteiger partial charge in [0, 0.05) is 101 Å². The highest BCUT2D eigenvalue weighted by Crippen LogP contribution is 2.42. The van der Waals surface area contributed by atoms with Crippen molar-refractivity contribution in [1.29, 1.82) is 0 Å². The van der Waals surface area contributed by atoms with Gasteiger partial charge in [0.15, 0.2) is 0 Å². The van der Waals surface area contributed by atoms with E-state index in [9.17, 15) is 4.79 Å². The highest BCUT2D eigenvalue weighted by Gasteiger charge is 2.43. The van der Waals surface area contributed by atoms with Gasteiger partial charge in [-0.25, -0.2) is 0 Å². The number of amides is 2. The summed E-state index contributed by atoms with van der Waals surface area (Å²) in [5.41, 5.74) is 13.5. The molecule has 1 saturated carbocycles. The molecule has 1 aliphatic carbocycles. The number of pyridine rings is 4. The van der Waals surface area contributed by atoms with E-state index in [2.05, 4.69) is 77.5 Å². The summed E-state index contributed by atoms with van der Waals surface area (Å²) in [6.07, 6.45) is 13.4. The third-order valence-electron chi connectivity index (χ3n) is 13.9. The quantitative estimate of drug-likeness (QED) is 0.0397. The lowest BCUT2D eigenvalue weighted by atomic mass is 9.68. The van der Waals surface area contributed by atoms with Crippen LogP contribution in [0.15, 0.2) is 164 Å². The Balaban J connectivity index is 0.991. The Hall–Kier alpha value is -6.91. The predicted octanol–water partition coefficient (Wildman–Crippen LogP) is 10.1. The third-order valence-corrected chi connectivity index (χ3v) is 14.2. The molecule has 0 aliphatic heterocycles. The van der Waals surface area contributed by atoms with Gasteiger partial charge in [-0.1, -0.05) is 85.5 Å². The fourth-order valence-corrected chi connectivity index (χ4v) is 10.3. The average Bonchev–Trinajstić information content (AvgIpc) is 3.50. The number of rotatable bonds is 31. The van der Waals surface area contributed by atoms with E-state index in [-0.39, 0.29) is 11.8 Å². The molecule has 3 N–H and O–H groups in total. The lowest BCUT2D eigenvalue weighted by Gasteiger charge is -2.40. The van der Waals surface area contributed by atoms with Crippen LogP contribution in [0.4, 0.5) is 0 Å². The summed E-state index contributed by atoms with van der Waals surface area (Å²) in [7, 11) is 0. The number of nitrogens with two attached hydrogens (primary N) is 1. The van der Waals surface area contributed by atoms with Gasteiger partial charge in [-0.3, -0.25) is 39.3 Å².